The zero-order chi connectivity index (χ0) is 21.1. The average molecular weight is 406 g/mol. The molecule has 3 N–H and O–H groups in total. The van der Waals surface area contributed by atoms with Gasteiger partial charge in [-0.25, -0.2) is 9.18 Å². The van der Waals surface area contributed by atoms with Gasteiger partial charge in [0.05, 0.1) is 6.54 Å². The fourth-order valence-corrected chi connectivity index (χ4v) is 3.92. The molecule has 2 saturated heterocycles. The van der Waals surface area contributed by atoms with Crippen LogP contribution < -0.4 is 5.73 Å². The Morgan fingerprint density at radius 1 is 1.28 bits per heavy atom. The number of carboxylic acid groups (broad SMARTS) is 1. The van der Waals surface area contributed by atoms with Crippen LogP contribution in [0.25, 0.3) is 0 Å². The second-order valence-electron chi connectivity index (χ2n) is 7.19. The second kappa shape index (κ2) is 8.46. The van der Waals surface area contributed by atoms with Gasteiger partial charge in [0.15, 0.2) is 0 Å². The van der Waals surface area contributed by atoms with E-state index in [1.165, 1.54) is 21.9 Å². The quantitative estimate of drug-likeness (QED) is 0.707. The first-order chi connectivity index (χ1) is 13.8. The van der Waals surface area contributed by atoms with Crippen LogP contribution in [-0.4, -0.2) is 75.5 Å². The van der Waals surface area contributed by atoms with Gasteiger partial charge in [-0.3, -0.25) is 19.3 Å². The number of primary amides is 1. The smallest absolute Gasteiger partial charge is 0.409 e. The highest BCUT2D eigenvalue weighted by Crippen LogP contribution is 2.28. The van der Waals surface area contributed by atoms with Gasteiger partial charge in [-0.1, -0.05) is 12.1 Å². The third-order valence-corrected chi connectivity index (χ3v) is 5.32. The van der Waals surface area contributed by atoms with Crippen molar-refractivity contribution < 1.29 is 28.7 Å². The second-order valence-corrected chi connectivity index (χ2v) is 7.19. The predicted octanol–water partition coefficient (Wildman–Crippen LogP) is 0.383. The fourth-order valence-electron chi connectivity index (χ4n) is 3.92. The number of fused-ring (bicyclic) bond motifs is 1. The zero-order valence-electron chi connectivity index (χ0n) is 15.8. The summed E-state index contributed by atoms with van der Waals surface area (Å²) in [6, 6.07) is 5.06. The van der Waals surface area contributed by atoms with Crippen LogP contribution >= 0.6 is 0 Å². The molecule has 1 aromatic rings. The lowest BCUT2D eigenvalue weighted by Crippen LogP contribution is -2.71. The molecule has 2 aliphatic heterocycles. The fraction of sp³-hybridized carbons (Fsp3) is 0.474. The van der Waals surface area contributed by atoms with Crippen molar-refractivity contribution in [2.24, 2.45) is 5.73 Å². The van der Waals surface area contributed by atoms with Gasteiger partial charge < -0.3 is 20.6 Å². The van der Waals surface area contributed by atoms with Crippen LogP contribution in [0.15, 0.2) is 24.3 Å². The normalized spacial score (nSPS) is 21.9. The number of amides is 4. The van der Waals surface area contributed by atoms with E-state index in [1.807, 2.05) is 0 Å². The van der Waals surface area contributed by atoms with E-state index in [2.05, 4.69) is 0 Å². The highest BCUT2D eigenvalue weighted by molar-refractivity contribution is 5.91. The van der Waals surface area contributed by atoms with E-state index in [0.29, 0.717) is 12.0 Å². The summed E-state index contributed by atoms with van der Waals surface area (Å²) in [5.41, 5.74) is 5.91. The Hall–Kier alpha value is -3.17. The Labute approximate surface area is 166 Å². The minimum atomic E-state index is -1.18. The Balaban J connectivity index is 1.83. The summed E-state index contributed by atoms with van der Waals surface area (Å²) in [5, 5.41) is 9.53. The van der Waals surface area contributed by atoms with Gasteiger partial charge in [-0.2, -0.15) is 0 Å². The summed E-state index contributed by atoms with van der Waals surface area (Å²) in [6.07, 6.45) is -1.72. The molecule has 3 rings (SSSR count). The first kappa shape index (κ1) is 20.6. The molecule has 0 unspecified atom stereocenters. The van der Waals surface area contributed by atoms with Gasteiger partial charge in [0.2, 0.25) is 17.7 Å². The number of hydrogen-bond donors (Lipinski definition) is 2. The van der Waals surface area contributed by atoms with E-state index >= 15 is 0 Å². The van der Waals surface area contributed by atoms with Crippen LogP contribution in [0.2, 0.25) is 0 Å². The van der Waals surface area contributed by atoms with Gasteiger partial charge >= 0.3 is 6.09 Å². The van der Waals surface area contributed by atoms with E-state index in [0.717, 1.165) is 4.90 Å². The standard InChI is InChI=1S/C19H23FN4O5/c20-13-3-1-2-12(10-13)6-8-22-11-16-23(19(28)29)9-7-17(26)24(16)14(18(22)27)4-5-15(21)25/h1-3,10,14,16H,4-9,11H2,(H2,21,25)(H,28,29)/t14-,16+/m0/s1. The number of halogens is 1. The first-order valence-corrected chi connectivity index (χ1v) is 9.40. The largest absolute Gasteiger partial charge is 0.465 e. The molecule has 0 bridgehead atoms. The van der Waals surface area contributed by atoms with Crippen molar-refractivity contribution in [3.05, 3.63) is 35.6 Å². The summed E-state index contributed by atoms with van der Waals surface area (Å²) in [5.74, 6) is -1.67. The summed E-state index contributed by atoms with van der Waals surface area (Å²) in [7, 11) is 0. The number of nitrogens with two attached hydrogens (primary N) is 1. The van der Waals surface area contributed by atoms with Gasteiger partial charge in [0.25, 0.3) is 0 Å². The van der Waals surface area contributed by atoms with Crippen molar-refractivity contribution in [2.45, 2.75) is 37.9 Å². The molecule has 2 atom stereocenters. The SMILES string of the molecule is NC(=O)CC[C@H]1C(=O)N(CCc2cccc(F)c2)C[C@@H]2N(C(=O)O)CCC(=O)N21. The van der Waals surface area contributed by atoms with Crippen molar-refractivity contribution in [1.82, 2.24) is 14.7 Å². The molecule has 0 aliphatic carbocycles. The van der Waals surface area contributed by atoms with E-state index in [-0.39, 0.29) is 56.5 Å². The van der Waals surface area contributed by atoms with E-state index < -0.39 is 24.2 Å². The van der Waals surface area contributed by atoms with Crippen LogP contribution in [-0.2, 0) is 20.8 Å². The summed E-state index contributed by atoms with van der Waals surface area (Å²) >= 11 is 0. The van der Waals surface area contributed by atoms with Crippen LogP contribution in [0.4, 0.5) is 9.18 Å². The van der Waals surface area contributed by atoms with Gasteiger partial charge in [0, 0.05) is 25.9 Å². The Morgan fingerprint density at radius 3 is 2.69 bits per heavy atom. The molecule has 2 aliphatic rings. The molecule has 0 aromatic heterocycles. The van der Waals surface area contributed by atoms with Crippen molar-refractivity contribution in [3.8, 4) is 0 Å². The number of rotatable bonds is 6. The Kier molecular flexibility index (Phi) is 6.00. The average Bonchev–Trinajstić information content (AvgIpc) is 2.66. The zero-order valence-corrected chi connectivity index (χ0v) is 15.8. The molecule has 0 radical (unpaired) electrons. The molecule has 2 fully saturated rings. The maximum atomic E-state index is 13.4. The number of nitrogens with zero attached hydrogens (tertiary/aromatic N) is 3. The van der Waals surface area contributed by atoms with Crippen molar-refractivity contribution in [2.75, 3.05) is 19.6 Å². The third-order valence-electron chi connectivity index (χ3n) is 5.32. The summed E-state index contributed by atoms with van der Waals surface area (Å²) < 4.78 is 13.4. The van der Waals surface area contributed by atoms with Crippen LogP contribution in [0.1, 0.15) is 24.8 Å². The molecular formula is C19H23FN4O5. The molecule has 0 saturated carbocycles. The summed E-state index contributed by atoms with van der Waals surface area (Å²) in [6.45, 7) is 0.310. The van der Waals surface area contributed by atoms with Crippen molar-refractivity contribution >= 4 is 23.8 Å². The predicted molar refractivity (Wildman–Crippen MR) is 98.9 cm³/mol. The molecule has 10 heteroatoms. The molecular weight excluding hydrogens is 383 g/mol. The van der Waals surface area contributed by atoms with Crippen LogP contribution in [0.3, 0.4) is 0 Å². The molecule has 29 heavy (non-hydrogen) atoms. The van der Waals surface area contributed by atoms with E-state index in [4.69, 9.17) is 5.73 Å². The molecule has 2 heterocycles. The summed E-state index contributed by atoms with van der Waals surface area (Å²) in [4.78, 5) is 52.3. The van der Waals surface area contributed by atoms with Crippen molar-refractivity contribution in [1.29, 1.82) is 0 Å². The Bertz CT molecular complexity index is 833. The number of carbonyl (C=O) groups excluding carboxylic acids is 3. The van der Waals surface area contributed by atoms with Crippen LogP contribution in [0, 0.1) is 5.82 Å². The van der Waals surface area contributed by atoms with E-state index in [1.54, 1.807) is 12.1 Å². The van der Waals surface area contributed by atoms with Crippen LogP contribution in [0.5, 0.6) is 0 Å². The lowest BCUT2D eigenvalue weighted by atomic mass is 9.99. The molecule has 156 valence electrons. The highest BCUT2D eigenvalue weighted by Gasteiger charge is 2.48. The minimum Gasteiger partial charge on any atom is -0.465 e. The maximum absolute atomic E-state index is 13.4. The highest BCUT2D eigenvalue weighted by atomic mass is 19.1. The van der Waals surface area contributed by atoms with Gasteiger partial charge in [-0.05, 0) is 30.5 Å². The maximum Gasteiger partial charge on any atom is 0.409 e. The molecule has 9 nitrogen and oxygen atoms in total. The minimum absolute atomic E-state index is 0.0214. The third kappa shape index (κ3) is 4.47. The molecule has 0 spiro atoms. The number of hydrogen-bond acceptors (Lipinski definition) is 4. The lowest BCUT2D eigenvalue weighted by Gasteiger charge is -2.51. The molecule has 4 amide bonds. The Morgan fingerprint density at radius 2 is 2.03 bits per heavy atom. The number of carbonyl (C=O) groups is 4. The number of benzene rings is 1. The van der Waals surface area contributed by atoms with Gasteiger partial charge in [0.1, 0.15) is 18.0 Å². The first-order valence-electron chi connectivity index (χ1n) is 9.40. The van der Waals surface area contributed by atoms with Gasteiger partial charge in [-0.15, -0.1) is 0 Å². The van der Waals surface area contributed by atoms with Crippen molar-refractivity contribution in [3.63, 3.8) is 0 Å². The van der Waals surface area contributed by atoms with E-state index in [9.17, 15) is 28.7 Å². The topological polar surface area (TPSA) is 124 Å². The number of piperazine rings is 1. The monoisotopic (exact) mass is 406 g/mol. The molecule has 1 aromatic carbocycles. The lowest BCUT2D eigenvalue weighted by molar-refractivity contribution is -0.168.